The van der Waals surface area contributed by atoms with Crippen molar-refractivity contribution < 1.29 is 4.39 Å². The highest BCUT2D eigenvalue weighted by molar-refractivity contribution is 6.21. The van der Waals surface area contributed by atoms with E-state index < -0.39 is 0 Å². The van der Waals surface area contributed by atoms with Crippen LogP contribution in [0.3, 0.4) is 0 Å². The van der Waals surface area contributed by atoms with Crippen molar-refractivity contribution in [3.8, 4) is 0 Å². The van der Waals surface area contributed by atoms with E-state index in [1.165, 1.54) is 6.07 Å². The van der Waals surface area contributed by atoms with Gasteiger partial charge in [0.05, 0.1) is 11.9 Å². The summed E-state index contributed by atoms with van der Waals surface area (Å²) in [6.45, 7) is 0. The fraction of sp³-hybridized carbons (Fsp3) is 0.167. The van der Waals surface area contributed by atoms with E-state index in [0.717, 1.165) is 0 Å². The van der Waals surface area contributed by atoms with Crippen LogP contribution in [0, 0.1) is 5.82 Å². The van der Waals surface area contributed by atoms with Gasteiger partial charge in [-0.05, 0) is 6.07 Å². The zero-order valence-electron chi connectivity index (χ0n) is 8.85. The molecule has 0 N–H and O–H groups in total. The normalized spacial score (nSPS) is 18.7. The van der Waals surface area contributed by atoms with Crippen LogP contribution in [0.25, 0.3) is 0 Å². The number of halogens is 2. The molecule has 0 saturated heterocycles. The molecule has 1 aromatic heterocycles. The Morgan fingerprint density at radius 3 is 2.94 bits per heavy atom. The molecule has 2 heterocycles. The quantitative estimate of drug-likeness (QED) is 0.714. The maximum Gasteiger partial charge on any atom is 0.152 e. The van der Waals surface area contributed by atoms with Crippen LogP contribution in [-0.2, 0) is 0 Å². The van der Waals surface area contributed by atoms with Gasteiger partial charge in [0.1, 0.15) is 11.3 Å². The highest BCUT2D eigenvalue weighted by Gasteiger charge is 2.22. The number of nitrogens with zero attached hydrogens (tertiary/aromatic N) is 3. The second-order valence-electron chi connectivity index (χ2n) is 3.81. The number of hydrogen-bond donors (Lipinski definition) is 0. The minimum absolute atomic E-state index is 0.275. The molecule has 1 aliphatic rings. The predicted octanol–water partition coefficient (Wildman–Crippen LogP) is 3.28. The second-order valence-corrected chi connectivity index (χ2v) is 4.31. The van der Waals surface area contributed by atoms with E-state index in [9.17, 15) is 4.39 Å². The maximum absolute atomic E-state index is 13.7. The number of fused-ring (bicyclic) bond motifs is 1. The minimum Gasteiger partial charge on any atom is -0.233 e. The topological polar surface area (TPSA) is 30.2 Å². The Bertz CT molecular complexity index is 591. The van der Waals surface area contributed by atoms with Gasteiger partial charge < -0.3 is 0 Å². The molecule has 2 aromatic rings. The van der Waals surface area contributed by atoms with E-state index in [2.05, 4.69) is 10.1 Å². The first-order valence-corrected chi connectivity index (χ1v) is 5.69. The van der Waals surface area contributed by atoms with Crippen molar-refractivity contribution in [3.63, 3.8) is 0 Å². The number of alkyl halides is 1. The third-order valence-electron chi connectivity index (χ3n) is 2.71. The lowest BCUT2D eigenvalue weighted by Crippen LogP contribution is -2.16. The van der Waals surface area contributed by atoms with Gasteiger partial charge in [-0.15, -0.1) is 0 Å². The maximum atomic E-state index is 13.7. The lowest BCUT2D eigenvalue weighted by Gasteiger charge is -2.19. The summed E-state index contributed by atoms with van der Waals surface area (Å²) >= 11 is 6.18. The number of aromatic nitrogens is 2. The fourth-order valence-corrected chi connectivity index (χ4v) is 2.20. The van der Waals surface area contributed by atoms with Gasteiger partial charge in [-0.2, -0.15) is 5.10 Å². The Balaban J connectivity index is 2.10. The van der Waals surface area contributed by atoms with E-state index in [4.69, 9.17) is 11.6 Å². The van der Waals surface area contributed by atoms with Gasteiger partial charge in [-0.25, -0.2) is 14.1 Å². The Morgan fingerprint density at radius 1 is 1.29 bits per heavy atom. The zero-order chi connectivity index (χ0) is 11.8. The summed E-state index contributed by atoms with van der Waals surface area (Å²) in [7, 11) is 0. The Hall–Kier alpha value is -1.68. The molecule has 0 aliphatic carbocycles. The molecule has 86 valence electrons. The highest BCUT2D eigenvalue weighted by Crippen LogP contribution is 2.31. The van der Waals surface area contributed by atoms with E-state index in [0.29, 0.717) is 23.5 Å². The van der Waals surface area contributed by atoms with Gasteiger partial charge in [0, 0.05) is 18.1 Å². The van der Waals surface area contributed by atoms with E-state index >= 15 is 0 Å². The zero-order valence-corrected chi connectivity index (χ0v) is 9.60. The Morgan fingerprint density at radius 2 is 2.12 bits per heavy atom. The van der Waals surface area contributed by atoms with Gasteiger partial charge in [-0.1, -0.05) is 29.8 Å². The molecule has 0 amide bonds. The molecule has 0 spiro atoms. The molecule has 3 nitrogen and oxygen atoms in total. The fourth-order valence-electron chi connectivity index (χ4n) is 1.91. The van der Waals surface area contributed by atoms with Gasteiger partial charge in [0.15, 0.2) is 5.82 Å². The summed E-state index contributed by atoms with van der Waals surface area (Å²) in [5.41, 5.74) is 0.855. The van der Waals surface area contributed by atoms with Crippen LogP contribution in [0.4, 0.5) is 10.2 Å². The van der Waals surface area contributed by atoms with Crippen molar-refractivity contribution in [2.45, 2.75) is 11.9 Å². The average molecular weight is 250 g/mol. The van der Waals surface area contributed by atoms with E-state index in [1.54, 1.807) is 35.1 Å². The first-order chi connectivity index (χ1) is 8.25. The largest absolute Gasteiger partial charge is 0.233 e. The predicted molar refractivity (Wildman–Crippen MR) is 64.3 cm³/mol. The van der Waals surface area contributed by atoms with Crippen molar-refractivity contribution in [1.29, 1.82) is 0 Å². The van der Waals surface area contributed by atoms with Crippen molar-refractivity contribution >= 4 is 23.1 Å². The molecule has 1 aliphatic heterocycles. The Kier molecular flexibility index (Phi) is 2.44. The molecule has 0 radical (unpaired) electrons. The van der Waals surface area contributed by atoms with Gasteiger partial charge in [-0.3, -0.25) is 0 Å². The molecule has 0 bridgehead atoms. The molecule has 1 atom stereocenters. The number of aliphatic imine (C=N–C) groups is 1. The lowest BCUT2D eigenvalue weighted by molar-refractivity contribution is 0.593. The van der Waals surface area contributed by atoms with Crippen molar-refractivity contribution in [2.24, 2.45) is 4.99 Å². The van der Waals surface area contributed by atoms with Crippen molar-refractivity contribution in [2.75, 3.05) is 0 Å². The molecular formula is C12H9ClFN3. The number of hydrogen-bond acceptors (Lipinski definition) is 2. The standard InChI is InChI=1S/C12H9ClFN3/c13-11-7-10(8-3-1-2-4-9(8)14)16-12-5-6-15-17(11)12/h1-6,11H,7H2. The van der Waals surface area contributed by atoms with Crippen LogP contribution in [0.2, 0.25) is 0 Å². The number of benzene rings is 1. The van der Waals surface area contributed by atoms with Crippen LogP contribution in [0.1, 0.15) is 17.5 Å². The SMILES string of the molecule is Fc1ccccc1C1=Nc2ccnn2C(Cl)C1. The lowest BCUT2D eigenvalue weighted by atomic mass is 10.1. The van der Waals surface area contributed by atoms with Crippen LogP contribution < -0.4 is 0 Å². The minimum atomic E-state index is -0.313. The summed E-state index contributed by atoms with van der Waals surface area (Å²) in [5, 5.41) is 4.07. The average Bonchev–Trinajstić information content (AvgIpc) is 2.78. The van der Waals surface area contributed by atoms with Gasteiger partial charge in [0.25, 0.3) is 0 Å². The van der Waals surface area contributed by atoms with Crippen LogP contribution in [-0.4, -0.2) is 15.5 Å². The van der Waals surface area contributed by atoms with Gasteiger partial charge >= 0.3 is 0 Å². The highest BCUT2D eigenvalue weighted by atomic mass is 35.5. The van der Waals surface area contributed by atoms with Crippen LogP contribution in [0.15, 0.2) is 41.5 Å². The summed E-state index contributed by atoms with van der Waals surface area (Å²) in [4.78, 5) is 4.38. The molecule has 0 fully saturated rings. The van der Waals surface area contributed by atoms with E-state index in [1.807, 2.05) is 0 Å². The first kappa shape index (κ1) is 10.5. The molecule has 0 saturated carbocycles. The summed E-state index contributed by atoms with van der Waals surface area (Å²) < 4.78 is 15.3. The molecule has 17 heavy (non-hydrogen) atoms. The summed E-state index contributed by atoms with van der Waals surface area (Å²) in [6.07, 6.45) is 2.11. The van der Waals surface area contributed by atoms with Crippen molar-refractivity contribution in [1.82, 2.24) is 9.78 Å². The monoisotopic (exact) mass is 249 g/mol. The molecule has 1 aromatic carbocycles. The number of rotatable bonds is 1. The van der Waals surface area contributed by atoms with Crippen LogP contribution >= 0.6 is 11.6 Å². The summed E-state index contributed by atoms with van der Waals surface area (Å²) in [6, 6.07) is 8.34. The molecule has 1 unspecified atom stereocenters. The second kappa shape index (κ2) is 3.96. The Labute approximate surface area is 103 Å². The third-order valence-corrected chi connectivity index (χ3v) is 3.05. The summed E-state index contributed by atoms with van der Waals surface area (Å²) in [5.74, 6) is 0.387. The van der Waals surface area contributed by atoms with Gasteiger partial charge in [0.2, 0.25) is 0 Å². The molecule has 3 rings (SSSR count). The molecule has 5 heteroatoms. The molecular weight excluding hydrogens is 241 g/mol. The van der Waals surface area contributed by atoms with Crippen molar-refractivity contribution in [3.05, 3.63) is 47.9 Å². The van der Waals surface area contributed by atoms with Crippen LogP contribution in [0.5, 0.6) is 0 Å². The third kappa shape index (κ3) is 1.74. The van der Waals surface area contributed by atoms with E-state index in [-0.39, 0.29) is 11.3 Å². The smallest absolute Gasteiger partial charge is 0.152 e. The first-order valence-electron chi connectivity index (χ1n) is 5.26.